The molecule has 0 aliphatic heterocycles. The first-order valence-corrected chi connectivity index (χ1v) is 7.54. The van der Waals surface area contributed by atoms with Crippen molar-refractivity contribution in [3.05, 3.63) is 24.3 Å². The van der Waals surface area contributed by atoms with Crippen LogP contribution in [0.5, 0.6) is 0 Å². The predicted molar refractivity (Wildman–Crippen MR) is 75.4 cm³/mol. The van der Waals surface area contributed by atoms with Crippen LogP contribution in [-0.4, -0.2) is 40.8 Å². The number of aliphatic hydroxyl groups is 1. The number of para-hydroxylation sites is 1. The Hall–Kier alpha value is -1.25. The second-order valence-corrected chi connectivity index (χ2v) is 6.28. The van der Waals surface area contributed by atoms with Crippen molar-refractivity contribution in [1.82, 2.24) is 10.3 Å². The number of halogens is 2. The fourth-order valence-corrected chi connectivity index (χ4v) is 3.27. The number of rotatable bonds is 6. The van der Waals surface area contributed by atoms with Gasteiger partial charge in [-0.1, -0.05) is 23.9 Å². The zero-order valence-electron chi connectivity index (χ0n) is 10.3. The number of hydrogen-bond donors (Lipinski definition) is 2. The highest BCUT2D eigenvalue weighted by molar-refractivity contribution is 8.01. The van der Waals surface area contributed by atoms with Crippen molar-refractivity contribution >= 4 is 39.2 Å². The van der Waals surface area contributed by atoms with Gasteiger partial charge in [0.25, 0.3) is 5.92 Å². The molecule has 2 aromatic rings. The number of carbonyl (C=O) groups excluding carboxylic acids is 1. The average molecular weight is 318 g/mol. The Kier molecular flexibility index (Phi) is 4.90. The van der Waals surface area contributed by atoms with Crippen molar-refractivity contribution in [3.8, 4) is 0 Å². The number of hydrogen-bond acceptors (Lipinski definition) is 5. The van der Waals surface area contributed by atoms with Gasteiger partial charge in [0.2, 0.25) is 5.91 Å². The number of aliphatic hydroxyl groups excluding tert-OH is 1. The van der Waals surface area contributed by atoms with Crippen molar-refractivity contribution in [3.63, 3.8) is 0 Å². The first-order valence-electron chi connectivity index (χ1n) is 5.74. The fraction of sp³-hybridized carbons (Fsp3) is 0.333. The molecule has 2 rings (SSSR count). The van der Waals surface area contributed by atoms with Crippen LogP contribution in [0.2, 0.25) is 0 Å². The van der Waals surface area contributed by atoms with E-state index in [0.717, 1.165) is 14.6 Å². The van der Waals surface area contributed by atoms with Gasteiger partial charge >= 0.3 is 0 Å². The lowest BCUT2D eigenvalue weighted by atomic mass is 10.3. The van der Waals surface area contributed by atoms with E-state index in [0.29, 0.717) is 0 Å². The van der Waals surface area contributed by atoms with Gasteiger partial charge in [-0.05, 0) is 12.1 Å². The summed E-state index contributed by atoms with van der Waals surface area (Å²) in [6.45, 7) is -2.14. The number of thiazole rings is 1. The second kappa shape index (κ2) is 6.47. The normalized spacial score (nSPS) is 11.8. The maximum atomic E-state index is 12.7. The number of aromatic nitrogens is 1. The van der Waals surface area contributed by atoms with Gasteiger partial charge < -0.3 is 10.4 Å². The summed E-state index contributed by atoms with van der Waals surface area (Å²) in [5.41, 5.74) is 0.854. The van der Waals surface area contributed by atoms with Crippen LogP contribution in [0.25, 0.3) is 10.2 Å². The number of carbonyl (C=O) groups is 1. The van der Waals surface area contributed by atoms with Gasteiger partial charge in [0.05, 0.1) is 22.5 Å². The molecule has 8 heteroatoms. The predicted octanol–water partition coefficient (Wildman–Crippen LogP) is 2.13. The molecule has 0 saturated heterocycles. The number of benzene rings is 1. The molecule has 0 spiro atoms. The van der Waals surface area contributed by atoms with E-state index in [4.69, 9.17) is 5.11 Å². The molecule has 0 radical (unpaired) electrons. The minimum atomic E-state index is -3.28. The molecular formula is C12H12F2N2O2S2. The van der Waals surface area contributed by atoms with E-state index in [2.05, 4.69) is 10.3 Å². The number of alkyl halides is 2. The molecule has 1 amide bonds. The van der Waals surface area contributed by atoms with Crippen molar-refractivity contribution in [2.45, 2.75) is 10.3 Å². The summed E-state index contributed by atoms with van der Waals surface area (Å²) < 4.78 is 27.2. The number of nitrogens with zero attached hydrogens (tertiary/aromatic N) is 1. The minimum Gasteiger partial charge on any atom is -0.390 e. The number of nitrogens with one attached hydrogen (secondary N) is 1. The molecule has 4 nitrogen and oxygen atoms in total. The van der Waals surface area contributed by atoms with Gasteiger partial charge in [-0.25, -0.2) is 13.8 Å². The Morgan fingerprint density at radius 2 is 2.20 bits per heavy atom. The number of thioether (sulfide) groups is 1. The van der Waals surface area contributed by atoms with Crippen LogP contribution < -0.4 is 5.32 Å². The van der Waals surface area contributed by atoms with E-state index in [1.807, 2.05) is 24.3 Å². The summed E-state index contributed by atoms with van der Waals surface area (Å²) in [7, 11) is 0. The van der Waals surface area contributed by atoms with Gasteiger partial charge in [0.15, 0.2) is 4.34 Å². The molecule has 0 fully saturated rings. The van der Waals surface area contributed by atoms with Crippen molar-refractivity contribution in [2.75, 3.05) is 18.9 Å². The van der Waals surface area contributed by atoms with Crippen LogP contribution in [0.15, 0.2) is 28.6 Å². The Labute approximate surface area is 122 Å². The molecular weight excluding hydrogens is 306 g/mol. The van der Waals surface area contributed by atoms with E-state index in [-0.39, 0.29) is 5.75 Å². The summed E-state index contributed by atoms with van der Waals surface area (Å²) in [4.78, 5) is 15.7. The van der Waals surface area contributed by atoms with Crippen molar-refractivity contribution in [1.29, 1.82) is 0 Å². The molecule has 2 N–H and O–H groups in total. The van der Waals surface area contributed by atoms with Gasteiger partial charge in [-0.3, -0.25) is 4.79 Å². The summed E-state index contributed by atoms with van der Waals surface area (Å²) in [5, 5.41) is 10.5. The van der Waals surface area contributed by atoms with Gasteiger partial charge in [0.1, 0.15) is 6.61 Å². The molecule has 20 heavy (non-hydrogen) atoms. The highest BCUT2D eigenvalue weighted by atomic mass is 32.2. The van der Waals surface area contributed by atoms with E-state index in [1.54, 1.807) is 0 Å². The summed E-state index contributed by atoms with van der Waals surface area (Å²) >= 11 is 2.65. The standard InChI is InChI=1S/C12H12F2N2O2S2/c13-12(14,7-17)6-15-10(18)5-19-11-16-8-3-1-2-4-9(8)20-11/h1-4,17H,5-7H2,(H,15,18). The fourth-order valence-electron chi connectivity index (χ4n) is 1.37. The molecule has 0 atom stereocenters. The quantitative estimate of drug-likeness (QED) is 0.801. The van der Waals surface area contributed by atoms with Crippen molar-refractivity contribution < 1.29 is 18.7 Å². The molecule has 108 valence electrons. The zero-order chi connectivity index (χ0) is 14.6. The van der Waals surface area contributed by atoms with Crippen LogP contribution in [0.4, 0.5) is 8.78 Å². The monoisotopic (exact) mass is 318 g/mol. The molecule has 0 unspecified atom stereocenters. The maximum absolute atomic E-state index is 12.7. The van der Waals surface area contributed by atoms with Crippen molar-refractivity contribution in [2.24, 2.45) is 0 Å². The average Bonchev–Trinajstić information content (AvgIpc) is 2.86. The van der Waals surface area contributed by atoms with E-state index >= 15 is 0 Å². The first kappa shape index (κ1) is 15.1. The molecule has 1 aromatic carbocycles. The largest absolute Gasteiger partial charge is 0.390 e. The number of amides is 1. The third kappa shape index (κ3) is 4.12. The van der Waals surface area contributed by atoms with Gasteiger partial charge in [-0.2, -0.15) is 0 Å². The molecule has 0 bridgehead atoms. The molecule has 1 aromatic heterocycles. The molecule has 0 saturated carbocycles. The molecule has 0 aliphatic rings. The van der Waals surface area contributed by atoms with Crippen LogP contribution >= 0.6 is 23.1 Å². The van der Waals surface area contributed by atoms with Crippen LogP contribution in [0.3, 0.4) is 0 Å². The minimum absolute atomic E-state index is 0.0152. The second-order valence-electron chi connectivity index (χ2n) is 4.03. The Morgan fingerprint density at radius 3 is 2.90 bits per heavy atom. The maximum Gasteiger partial charge on any atom is 0.287 e. The summed E-state index contributed by atoms with van der Waals surface area (Å²) in [5.74, 6) is -3.78. The highest BCUT2D eigenvalue weighted by Crippen LogP contribution is 2.29. The molecule has 0 aliphatic carbocycles. The van der Waals surface area contributed by atoms with Crippen LogP contribution in [0, 0.1) is 0 Å². The number of fused-ring (bicyclic) bond motifs is 1. The SMILES string of the molecule is O=C(CSc1nc2ccccc2s1)NCC(F)(F)CO. The Balaban J connectivity index is 1.84. The third-order valence-corrected chi connectivity index (χ3v) is 4.56. The van der Waals surface area contributed by atoms with Crippen LogP contribution in [0.1, 0.15) is 0 Å². The van der Waals surface area contributed by atoms with Crippen LogP contribution in [-0.2, 0) is 4.79 Å². The lowest BCUT2D eigenvalue weighted by Gasteiger charge is -2.13. The van der Waals surface area contributed by atoms with Gasteiger partial charge in [0, 0.05) is 0 Å². The Bertz CT molecular complexity index is 571. The van der Waals surface area contributed by atoms with E-state index in [1.165, 1.54) is 23.1 Å². The smallest absolute Gasteiger partial charge is 0.287 e. The topological polar surface area (TPSA) is 62.2 Å². The van der Waals surface area contributed by atoms with Gasteiger partial charge in [-0.15, -0.1) is 11.3 Å². The van der Waals surface area contributed by atoms with E-state index < -0.39 is 25.0 Å². The summed E-state index contributed by atoms with van der Waals surface area (Å²) in [6, 6.07) is 7.58. The third-order valence-electron chi connectivity index (χ3n) is 2.38. The van der Waals surface area contributed by atoms with E-state index in [9.17, 15) is 13.6 Å². The zero-order valence-corrected chi connectivity index (χ0v) is 11.9. The highest BCUT2D eigenvalue weighted by Gasteiger charge is 2.28. The summed E-state index contributed by atoms with van der Waals surface area (Å²) in [6.07, 6.45) is 0. The lowest BCUT2D eigenvalue weighted by molar-refractivity contribution is -0.121. The first-order chi connectivity index (χ1) is 9.50. The Morgan fingerprint density at radius 1 is 1.45 bits per heavy atom. The molecule has 1 heterocycles. The lowest BCUT2D eigenvalue weighted by Crippen LogP contribution is -2.39.